The fourth-order valence-electron chi connectivity index (χ4n) is 2.80. The number of rotatable bonds is 9. The maximum Gasteiger partial charge on any atom is 0.250 e. The minimum Gasteiger partial charge on any atom is -0.357 e. The number of hydrogen-bond donors (Lipinski definition) is 2. The van der Waals surface area contributed by atoms with Crippen LogP contribution in [0.5, 0.6) is 0 Å². The number of aromatic nitrogens is 1. The van der Waals surface area contributed by atoms with Crippen molar-refractivity contribution in [3.8, 4) is 0 Å². The summed E-state index contributed by atoms with van der Waals surface area (Å²) >= 11 is 5.91. The van der Waals surface area contributed by atoms with Crippen molar-refractivity contribution in [3.05, 3.63) is 69.1 Å². The molecule has 1 aromatic heterocycles. The largest absolute Gasteiger partial charge is 0.357 e. The predicted molar refractivity (Wildman–Crippen MR) is 114 cm³/mol. The first-order chi connectivity index (χ1) is 13.1. The monoisotopic (exact) mass is 388 g/mol. The molecule has 2 rings (SSSR count). The standard InChI is InChI=1S/C21H29ClN4O/c1-3-23-21(25-15-13-18-9-11-19(22)12-10-18)24-14-4-5-16-26-17(2)7-6-8-20(26)27/h6-12H,3-5,13-16H2,1-2H3,(H2,23,24,25). The molecule has 0 amide bonds. The van der Waals surface area contributed by atoms with Crippen LogP contribution in [0.2, 0.25) is 5.02 Å². The highest BCUT2D eigenvalue weighted by atomic mass is 35.5. The molecule has 0 saturated heterocycles. The molecule has 0 saturated carbocycles. The van der Waals surface area contributed by atoms with Crippen LogP contribution in [0.4, 0.5) is 0 Å². The van der Waals surface area contributed by atoms with Crippen LogP contribution in [0, 0.1) is 6.92 Å². The van der Waals surface area contributed by atoms with Crippen LogP contribution >= 0.6 is 11.6 Å². The highest BCUT2D eigenvalue weighted by Crippen LogP contribution is 2.09. The van der Waals surface area contributed by atoms with Gasteiger partial charge in [-0.25, -0.2) is 0 Å². The Balaban J connectivity index is 1.74. The van der Waals surface area contributed by atoms with Gasteiger partial charge in [-0.1, -0.05) is 29.8 Å². The average molecular weight is 389 g/mol. The number of benzene rings is 1. The van der Waals surface area contributed by atoms with Crippen LogP contribution in [-0.2, 0) is 13.0 Å². The molecule has 0 aliphatic carbocycles. The third kappa shape index (κ3) is 7.47. The Bertz CT molecular complexity index is 784. The molecular weight excluding hydrogens is 360 g/mol. The molecule has 0 aliphatic rings. The second-order valence-electron chi connectivity index (χ2n) is 6.43. The molecule has 0 aliphatic heterocycles. The summed E-state index contributed by atoms with van der Waals surface area (Å²) in [6.07, 6.45) is 2.78. The topological polar surface area (TPSA) is 58.4 Å². The van der Waals surface area contributed by atoms with Crippen molar-refractivity contribution >= 4 is 17.6 Å². The first-order valence-corrected chi connectivity index (χ1v) is 9.91. The lowest BCUT2D eigenvalue weighted by Crippen LogP contribution is -2.38. The zero-order chi connectivity index (χ0) is 19.5. The predicted octanol–water partition coefficient (Wildman–Crippen LogP) is 3.39. The highest BCUT2D eigenvalue weighted by molar-refractivity contribution is 6.30. The Labute approximate surface area is 166 Å². The maximum atomic E-state index is 11.9. The smallest absolute Gasteiger partial charge is 0.250 e. The first kappa shape index (κ1) is 21.0. The van der Waals surface area contributed by atoms with E-state index in [1.54, 1.807) is 12.1 Å². The van der Waals surface area contributed by atoms with Crippen molar-refractivity contribution in [1.82, 2.24) is 15.2 Å². The van der Waals surface area contributed by atoms with Gasteiger partial charge in [-0.05, 0) is 56.9 Å². The van der Waals surface area contributed by atoms with E-state index in [0.717, 1.165) is 62.1 Å². The van der Waals surface area contributed by atoms with Gasteiger partial charge in [0.2, 0.25) is 0 Å². The zero-order valence-electron chi connectivity index (χ0n) is 16.2. The van der Waals surface area contributed by atoms with Gasteiger partial charge in [0.1, 0.15) is 0 Å². The van der Waals surface area contributed by atoms with Crippen molar-refractivity contribution < 1.29 is 0 Å². The summed E-state index contributed by atoms with van der Waals surface area (Å²) < 4.78 is 1.82. The Morgan fingerprint density at radius 1 is 1.11 bits per heavy atom. The van der Waals surface area contributed by atoms with Crippen LogP contribution in [-0.4, -0.2) is 30.2 Å². The molecule has 0 radical (unpaired) electrons. The SMILES string of the molecule is CCNC(=NCCCCn1c(C)cccc1=O)NCCc1ccc(Cl)cc1. The van der Waals surface area contributed by atoms with Gasteiger partial charge in [-0.2, -0.15) is 0 Å². The van der Waals surface area contributed by atoms with Gasteiger partial charge >= 0.3 is 0 Å². The summed E-state index contributed by atoms with van der Waals surface area (Å²) in [5, 5.41) is 7.39. The number of unbranched alkanes of at least 4 members (excludes halogenated alkanes) is 1. The number of aryl methyl sites for hydroxylation is 1. The Hall–Kier alpha value is -2.27. The molecule has 2 aromatic rings. The first-order valence-electron chi connectivity index (χ1n) is 9.53. The van der Waals surface area contributed by atoms with Gasteiger partial charge in [0.15, 0.2) is 5.96 Å². The van der Waals surface area contributed by atoms with E-state index in [1.807, 2.05) is 41.8 Å². The molecule has 6 heteroatoms. The van der Waals surface area contributed by atoms with E-state index >= 15 is 0 Å². The highest BCUT2D eigenvalue weighted by Gasteiger charge is 2.00. The van der Waals surface area contributed by atoms with Crippen LogP contribution < -0.4 is 16.2 Å². The number of hydrogen-bond acceptors (Lipinski definition) is 2. The number of nitrogens with zero attached hydrogens (tertiary/aromatic N) is 2. The van der Waals surface area contributed by atoms with Crippen LogP contribution in [0.15, 0.2) is 52.3 Å². The summed E-state index contributed by atoms with van der Waals surface area (Å²) in [6, 6.07) is 13.3. The third-order valence-electron chi connectivity index (χ3n) is 4.29. The zero-order valence-corrected chi connectivity index (χ0v) is 16.9. The van der Waals surface area contributed by atoms with Gasteiger partial charge < -0.3 is 15.2 Å². The van der Waals surface area contributed by atoms with E-state index in [1.165, 1.54) is 5.56 Å². The molecule has 0 spiro atoms. The Morgan fingerprint density at radius 2 is 1.89 bits per heavy atom. The minimum atomic E-state index is 0.0655. The maximum absolute atomic E-state index is 11.9. The molecule has 1 aromatic carbocycles. The van der Waals surface area contributed by atoms with E-state index in [2.05, 4.69) is 22.5 Å². The Kier molecular flexibility index (Phi) is 8.92. The molecule has 146 valence electrons. The third-order valence-corrected chi connectivity index (χ3v) is 4.54. The summed E-state index contributed by atoms with van der Waals surface area (Å²) in [4.78, 5) is 16.5. The minimum absolute atomic E-state index is 0.0655. The molecule has 27 heavy (non-hydrogen) atoms. The van der Waals surface area contributed by atoms with Gasteiger partial charge in [-0.15, -0.1) is 0 Å². The van der Waals surface area contributed by atoms with Crippen LogP contribution in [0.25, 0.3) is 0 Å². The molecule has 0 bridgehead atoms. The van der Waals surface area contributed by atoms with E-state index in [4.69, 9.17) is 11.6 Å². The molecule has 0 unspecified atom stereocenters. The molecular formula is C21H29ClN4O. The van der Waals surface area contributed by atoms with Gasteiger partial charge in [0.05, 0.1) is 0 Å². The number of nitrogens with one attached hydrogen (secondary N) is 2. The van der Waals surface area contributed by atoms with Crippen LogP contribution in [0.3, 0.4) is 0 Å². The summed E-state index contributed by atoms with van der Waals surface area (Å²) in [7, 11) is 0. The van der Waals surface area contributed by atoms with Crippen molar-refractivity contribution in [2.75, 3.05) is 19.6 Å². The lowest BCUT2D eigenvalue weighted by atomic mass is 10.1. The van der Waals surface area contributed by atoms with Gasteiger partial charge in [0.25, 0.3) is 5.56 Å². The van der Waals surface area contributed by atoms with E-state index < -0.39 is 0 Å². The second-order valence-corrected chi connectivity index (χ2v) is 6.86. The molecule has 5 nitrogen and oxygen atoms in total. The van der Waals surface area contributed by atoms with E-state index in [-0.39, 0.29) is 5.56 Å². The molecule has 0 atom stereocenters. The lowest BCUT2D eigenvalue weighted by Gasteiger charge is -2.12. The normalized spacial score (nSPS) is 11.4. The fourth-order valence-corrected chi connectivity index (χ4v) is 2.93. The van der Waals surface area contributed by atoms with Gasteiger partial charge in [0, 0.05) is 43.0 Å². The van der Waals surface area contributed by atoms with E-state index in [0.29, 0.717) is 0 Å². The second kappa shape index (κ2) is 11.4. The fraction of sp³-hybridized carbons (Fsp3) is 0.429. The lowest BCUT2D eigenvalue weighted by molar-refractivity contribution is 0.585. The molecule has 0 fully saturated rings. The number of guanidine groups is 1. The number of aliphatic imine (C=N–C) groups is 1. The number of pyridine rings is 1. The molecule has 1 heterocycles. The quantitative estimate of drug-likeness (QED) is 0.393. The van der Waals surface area contributed by atoms with Gasteiger partial charge in [-0.3, -0.25) is 9.79 Å². The molecule has 2 N–H and O–H groups in total. The summed E-state index contributed by atoms with van der Waals surface area (Å²) in [5.74, 6) is 0.833. The van der Waals surface area contributed by atoms with Crippen molar-refractivity contribution in [1.29, 1.82) is 0 Å². The van der Waals surface area contributed by atoms with E-state index in [9.17, 15) is 4.79 Å². The van der Waals surface area contributed by atoms with Crippen molar-refractivity contribution in [2.24, 2.45) is 4.99 Å². The average Bonchev–Trinajstić information content (AvgIpc) is 2.65. The number of halogens is 1. The summed E-state index contributed by atoms with van der Waals surface area (Å²) in [6.45, 7) is 7.13. The summed E-state index contributed by atoms with van der Waals surface area (Å²) in [5.41, 5.74) is 2.31. The van der Waals surface area contributed by atoms with Crippen molar-refractivity contribution in [3.63, 3.8) is 0 Å². The van der Waals surface area contributed by atoms with Crippen LogP contribution in [0.1, 0.15) is 31.0 Å². The Morgan fingerprint density at radius 3 is 2.59 bits per heavy atom. The van der Waals surface area contributed by atoms with Crippen molar-refractivity contribution in [2.45, 2.75) is 39.7 Å².